The van der Waals surface area contributed by atoms with E-state index in [9.17, 15) is 47.4 Å². The quantitative estimate of drug-likeness (QED) is 0.423. The second-order valence-electron chi connectivity index (χ2n) is 13.5. The molecule has 2 unspecified atom stereocenters. The van der Waals surface area contributed by atoms with Crippen molar-refractivity contribution in [3.8, 4) is 5.75 Å². The molecule has 0 radical (unpaired) electrons. The van der Waals surface area contributed by atoms with Crippen molar-refractivity contribution in [3.05, 3.63) is 28.3 Å². The van der Waals surface area contributed by atoms with Crippen molar-refractivity contribution in [2.24, 2.45) is 34.8 Å². The fourth-order valence-corrected chi connectivity index (χ4v) is 7.29. The molecule has 10 nitrogen and oxygen atoms in total. The standard InChI is InChI=1S/C30H38F3N3O7/c1-12(28(2,3)4)36(7)11-14-10-17(37)19-15(21(14)30(31,32)33)8-13-9-16-22(35(5)6)24(39)20(27(34)42)26(41)29(16,43)25(40)18(13)23(19)38/h10,12-13,16,18,20,22,37,43H,8-9,11H2,1-7H3,(H2,34,42)/t12-,13+,16+,18?,20?,22+,29+/m1/s1. The summed E-state index contributed by atoms with van der Waals surface area (Å²) in [5.74, 6) is -13.4. The number of alkyl halides is 3. The van der Waals surface area contributed by atoms with E-state index < -0.39 is 99.4 Å². The molecule has 43 heavy (non-hydrogen) atoms. The first-order valence-electron chi connectivity index (χ1n) is 14.1. The maximum absolute atomic E-state index is 14.7. The second-order valence-corrected chi connectivity index (χ2v) is 13.5. The maximum atomic E-state index is 14.7. The van der Waals surface area contributed by atoms with Crippen molar-refractivity contribution >= 4 is 29.0 Å². The number of phenolic OH excluding ortho intramolecular Hbond substituents is 1. The summed E-state index contributed by atoms with van der Waals surface area (Å²) < 4.78 is 44.2. The molecule has 1 amide bonds. The van der Waals surface area contributed by atoms with Crippen LogP contribution in [0.25, 0.3) is 0 Å². The predicted molar refractivity (Wildman–Crippen MR) is 147 cm³/mol. The SMILES string of the molecule is C[C@@H](N(C)Cc1cc(O)c2c(c1C(F)(F)F)C[C@H]1C[C@H]3[C@H](N(C)C)C(=O)C(C(N)=O)C(=O)[C@@]3(O)C(=O)C1C2=O)C(C)(C)C. The van der Waals surface area contributed by atoms with Crippen LogP contribution in [0.1, 0.15) is 61.2 Å². The molecule has 7 atom stereocenters. The fraction of sp³-hybridized carbons (Fsp3) is 0.633. The van der Waals surface area contributed by atoms with Crippen LogP contribution in [0.2, 0.25) is 0 Å². The fourth-order valence-electron chi connectivity index (χ4n) is 7.29. The number of aliphatic hydroxyl groups is 1. The average molecular weight is 610 g/mol. The molecule has 3 aliphatic carbocycles. The number of benzene rings is 1. The number of nitrogens with two attached hydrogens (primary N) is 1. The van der Waals surface area contributed by atoms with Gasteiger partial charge in [-0.25, -0.2) is 0 Å². The Morgan fingerprint density at radius 1 is 1.12 bits per heavy atom. The Morgan fingerprint density at radius 3 is 2.19 bits per heavy atom. The topological polar surface area (TPSA) is 158 Å². The van der Waals surface area contributed by atoms with Gasteiger partial charge in [0.25, 0.3) is 0 Å². The monoisotopic (exact) mass is 609 g/mol. The normalized spacial score (nSPS) is 30.3. The molecule has 0 spiro atoms. The van der Waals surface area contributed by atoms with Gasteiger partial charge in [-0.2, -0.15) is 13.2 Å². The molecule has 236 valence electrons. The number of carbonyl (C=O) groups excluding carboxylic acids is 5. The van der Waals surface area contributed by atoms with Crippen LogP contribution >= 0.6 is 0 Å². The lowest BCUT2D eigenvalue weighted by Gasteiger charge is -2.52. The van der Waals surface area contributed by atoms with E-state index in [0.717, 1.165) is 6.07 Å². The molecule has 0 heterocycles. The van der Waals surface area contributed by atoms with Crippen LogP contribution in [0.5, 0.6) is 5.75 Å². The third kappa shape index (κ3) is 4.98. The molecular weight excluding hydrogens is 571 g/mol. The summed E-state index contributed by atoms with van der Waals surface area (Å²) >= 11 is 0. The zero-order chi connectivity index (χ0) is 32.7. The summed E-state index contributed by atoms with van der Waals surface area (Å²) in [7, 11) is 4.51. The summed E-state index contributed by atoms with van der Waals surface area (Å²) in [4.78, 5) is 69.3. The van der Waals surface area contributed by atoms with Crippen molar-refractivity contribution in [3.63, 3.8) is 0 Å². The Morgan fingerprint density at radius 2 is 1.70 bits per heavy atom. The van der Waals surface area contributed by atoms with Crippen LogP contribution in [-0.4, -0.2) is 87.9 Å². The highest BCUT2D eigenvalue weighted by Crippen LogP contribution is 2.53. The highest BCUT2D eigenvalue weighted by atomic mass is 19.4. The molecule has 4 N–H and O–H groups in total. The first-order chi connectivity index (χ1) is 19.6. The first-order valence-corrected chi connectivity index (χ1v) is 14.1. The zero-order valence-corrected chi connectivity index (χ0v) is 25.2. The van der Waals surface area contributed by atoms with Crippen LogP contribution in [-0.2, 0) is 38.3 Å². The van der Waals surface area contributed by atoms with Gasteiger partial charge in [0.2, 0.25) is 5.91 Å². The van der Waals surface area contributed by atoms with Gasteiger partial charge in [-0.3, -0.25) is 33.8 Å². The highest BCUT2D eigenvalue weighted by Gasteiger charge is 2.69. The molecule has 2 saturated carbocycles. The van der Waals surface area contributed by atoms with Crippen molar-refractivity contribution < 1.29 is 47.4 Å². The molecule has 0 bridgehead atoms. The number of halogens is 3. The second kappa shape index (κ2) is 10.5. The predicted octanol–water partition coefficient (Wildman–Crippen LogP) is 1.75. The van der Waals surface area contributed by atoms with E-state index in [0.29, 0.717) is 0 Å². The van der Waals surface area contributed by atoms with Gasteiger partial charge >= 0.3 is 6.18 Å². The molecule has 0 saturated heterocycles. The molecule has 0 aromatic heterocycles. The zero-order valence-electron chi connectivity index (χ0n) is 25.2. The molecule has 1 aromatic carbocycles. The Labute approximate surface area is 247 Å². The lowest BCUT2D eigenvalue weighted by atomic mass is 9.52. The number of ketones is 4. The van der Waals surface area contributed by atoms with Gasteiger partial charge in [0.1, 0.15) is 5.75 Å². The Balaban J connectivity index is 1.88. The summed E-state index contributed by atoms with van der Waals surface area (Å²) in [6.07, 6.45) is -5.74. The minimum Gasteiger partial charge on any atom is -0.507 e. The van der Waals surface area contributed by atoms with Crippen LogP contribution in [0, 0.1) is 29.1 Å². The van der Waals surface area contributed by atoms with Gasteiger partial charge in [0, 0.05) is 18.5 Å². The van der Waals surface area contributed by atoms with Crippen molar-refractivity contribution in [1.29, 1.82) is 0 Å². The Hall–Kier alpha value is -3.16. The summed E-state index contributed by atoms with van der Waals surface area (Å²) in [6.45, 7) is 7.49. The average Bonchev–Trinajstić information content (AvgIpc) is 2.83. The van der Waals surface area contributed by atoms with Crippen molar-refractivity contribution in [1.82, 2.24) is 9.80 Å². The number of Topliss-reactive ketones (excluding diaryl/α,β-unsaturated/α-hetero) is 4. The van der Waals surface area contributed by atoms with Crippen LogP contribution in [0.15, 0.2) is 6.07 Å². The van der Waals surface area contributed by atoms with E-state index in [-0.39, 0.29) is 30.0 Å². The number of aromatic hydroxyl groups is 1. The third-order valence-corrected chi connectivity index (χ3v) is 9.76. The smallest absolute Gasteiger partial charge is 0.417 e. The Bertz CT molecular complexity index is 1420. The van der Waals surface area contributed by atoms with E-state index in [1.165, 1.54) is 19.0 Å². The molecular formula is C30H38F3N3O7. The van der Waals surface area contributed by atoms with Crippen molar-refractivity contribution in [2.45, 2.75) is 70.9 Å². The largest absolute Gasteiger partial charge is 0.507 e. The number of nitrogens with zero attached hydrogens (tertiary/aromatic N) is 2. The number of likely N-dealkylation sites (N-methyl/N-ethyl adjacent to an activating group) is 1. The summed E-state index contributed by atoms with van der Waals surface area (Å²) in [5, 5.41) is 22.6. The van der Waals surface area contributed by atoms with Gasteiger partial charge in [-0.1, -0.05) is 20.8 Å². The molecule has 0 aliphatic heterocycles. The maximum Gasteiger partial charge on any atom is 0.417 e. The highest BCUT2D eigenvalue weighted by molar-refractivity contribution is 6.32. The lowest BCUT2D eigenvalue weighted by molar-refractivity contribution is -0.181. The van der Waals surface area contributed by atoms with Gasteiger partial charge in [0.05, 0.1) is 23.1 Å². The van der Waals surface area contributed by atoms with E-state index >= 15 is 0 Å². The van der Waals surface area contributed by atoms with Gasteiger partial charge in [0.15, 0.2) is 34.7 Å². The number of amides is 1. The van der Waals surface area contributed by atoms with Crippen LogP contribution in [0.4, 0.5) is 13.2 Å². The van der Waals surface area contributed by atoms with Crippen LogP contribution in [0.3, 0.4) is 0 Å². The van der Waals surface area contributed by atoms with Gasteiger partial charge in [-0.15, -0.1) is 0 Å². The molecule has 13 heteroatoms. The molecule has 2 fully saturated rings. The van der Waals surface area contributed by atoms with Gasteiger partial charge < -0.3 is 15.9 Å². The number of primary amides is 1. The Kier molecular flexibility index (Phi) is 7.98. The molecule has 4 rings (SSSR count). The number of hydrogen-bond donors (Lipinski definition) is 3. The van der Waals surface area contributed by atoms with E-state index in [4.69, 9.17) is 5.73 Å². The third-order valence-electron chi connectivity index (χ3n) is 9.76. The van der Waals surface area contributed by atoms with E-state index in [1.807, 2.05) is 27.7 Å². The first kappa shape index (κ1) is 32.7. The number of fused-ring (bicyclic) bond motifs is 3. The van der Waals surface area contributed by atoms with Crippen LogP contribution < -0.4 is 5.73 Å². The number of phenols is 1. The minimum atomic E-state index is -4.93. The number of rotatable bonds is 5. The van der Waals surface area contributed by atoms with E-state index in [1.54, 1.807) is 11.9 Å². The lowest BCUT2D eigenvalue weighted by Crippen LogP contribution is -2.74. The molecule has 1 aromatic rings. The number of carbonyl (C=O) groups is 5. The van der Waals surface area contributed by atoms with Crippen molar-refractivity contribution in [2.75, 3.05) is 21.1 Å². The van der Waals surface area contributed by atoms with E-state index in [2.05, 4.69) is 0 Å². The number of hydrogen-bond acceptors (Lipinski definition) is 9. The minimum absolute atomic E-state index is 0.167. The molecule has 3 aliphatic rings. The summed E-state index contributed by atoms with van der Waals surface area (Å²) in [5.41, 5.74) is -0.415. The summed E-state index contributed by atoms with van der Waals surface area (Å²) in [6, 6.07) is -0.636. The van der Waals surface area contributed by atoms with Gasteiger partial charge in [-0.05, 0) is 69.4 Å².